The van der Waals surface area contributed by atoms with Crippen molar-refractivity contribution in [3.8, 4) is 0 Å². The molecule has 0 spiro atoms. The second kappa shape index (κ2) is 6.27. The number of aromatic nitrogens is 1. The normalized spacial score (nSPS) is 17.2. The third-order valence-corrected chi connectivity index (χ3v) is 5.77. The van der Waals surface area contributed by atoms with E-state index in [1.807, 2.05) is 24.4 Å². The van der Waals surface area contributed by atoms with Gasteiger partial charge in [0.05, 0.1) is 11.3 Å². The van der Waals surface area contributed by atoms with E-state index in [4.69, 9.17) is 4.99 Å². The molecular formula is C22H21N3O2. The van der Waals surface area contributed by atoms with Crippen LogP contribution in [0.3, 0.4) is 0 Å². The van der Waals surface area contributed by atoms with Crippen molar-refractivity contribution in [1.82, 2.24) is 9.88 Å². The Labute approximate surface area is 157 Å². The van der Waals surface area contributed by atoms with Gasteiger partial charge in [-0.05, 0) is 36.6 Å². The van der Waals surface area contributed by atoms with E-state index in [1.54, 1.807) is 12.1 Å². The minimum absolute atomic E-state index is 0.282. The van der Waals surface area contributed by atoms with E-state index in [0.29, 0.717) is 6.04 Å². The second-order valence-corrected chi connectivity index (χ2v) is 7.40. The quantitative estimate of drug-likeness (QED) is 0.712. The summed E-state index contributed by atoms with van der Waals surface area (Å²) in [4.78, 5) is 22.1. The predicted octanol–water partition coefficient (Wildman–Crippen LogP) is 4.70. The molecule has 0 amide bonds. The van der Waals surface area contributed by atoms with Crippen molar-refractivity contribution < 1.29 is 9.90 Å². The standard InChI is InChI=1S/C22H21N3O2/c26-22(27)14-9-10-15-13-25(16-5-1-2-6-16)21(24-20(15)11-14)18-12-23-19-8-4-3-7-17(18)19/h3-4,7-12,16,23H,1-2,5-6,13H2,(H,26,27). The number of aromatic carboxylic acids is 1. The number of carboxylic acids is 1. The molecule has 1 aromatic heterocycles. The highest BCUT2D eigenvalue weighted by Crippen LogP contribution is 2.35. The number of fused-ring (bicyclic) bond motifs is 2. The van der Waals surface area contributed by atoms with Gasteiger partial charge in [-0.15, -0.1) is 0 Å². The summed E-state index contributed by atoms with van der Waals surface area (Å²) in [6.45, 7) is 0.776. The van der Waals surface area contributed by atoms with Crippen LogP contribution in [0.1, 0.15) is 47.2 Å². The predicted molar refractivity (Wildman–Crippen MR) is 106 cm³/mol. The van der Waals surface area contributed by atoms with Crippen LogP contribution in [-0.2, 0) is 6.54 Å². The maximum atomic E-state index is 11.4. The molecule has 2 aromatic carbocycles. The molecule has 1 fully saturated rings. The van der Waals surface area contributed by atoms with Crippen LogP contribution < -0.4 is 0 Å². The molecule has 5 nitrogen and oxygen atoms in total. The summed E-state index contributed by atoms with van der Waals surface area (Å²) in [5, 5.41) is 10.5. The van der Waals surface area contributed by atoms with Crippen molar-refractivity contribution in [3.63, 3.8) is 0 Å². The number of amidine groups is 1. The minimum Gasteiger partial charge on any atom is -0.478 e. The highest BCUT2D eigenvalue weighted by molar-refractivity contribution is 6.11. The topological polar surface area (TPSA) is 68.7 Å². The number of nitrogens with one attached hydrogen (secondary N) is 1. The van der Waals surface area contributed by atoms with E-state index in [0.717, 1.165) is 40.1 Å². The molecule has 1 aliphatic heterocycles. The molecular weight excluding hydrogens is 338 g/mol. The summed E-state index contributed by atoms with van der Waals surface area (Å²) in [7, 11) is 0. The number of rotatable bonds is 3. The number of carboxylic acid groups (broad SMARTS) is 1. The van der Waals surface area contributed by atoms with Crippen molar-refractivity contribution in [1.29, 1.82) is 0 Å². The number of aromatic amines is 1. The molecule has 0 unspecified atom stereocenters. The maximum Gasteiger partial charge on any atom is 0.335 e. The number of nitrogens with zero attached hydrogens (tertiary/aromatic N) is 2. The summed E-state index contributed by atoms with van der Waals surface area (Å²) in [5.74, 6) is 0.0363. The average Bonchev–Trinajstić information content (AvgIpc) is 3.36. The lowest BCUT2D eigenvalue weighted by Gasteiger charge is -2.35. The number of benzene rings is 2. The molecule has 1 aliphatic carbocycles. The van der Waals surface area contributed by atoms with Gasteiger partial charge in [0.25, 0.3) is 0 Å². The third-order valence-electron chi connectivity index (χ3n) is 5.77. The summed E-state index contributed by atoms with van der Waals surface area (Å²) < 4.78 is 0. The van der Waals surface area contributed by atoms with Gasteiger partial charge in [-0.3, -0.25) is 0 Å². The van der Waals surface area contributed by atoms with Gasteiger partial charge in [0.15, 0.2) is 0 Å². The van der Waals surface area contributed by atoms with Crippen LogP contribution >= 0.6 is 0 Å². The second-order valence-electron chi connectivity index (χ2n) is 7.40. The van der Waals surface area contributed by atoms with E-state index in [2.05, 4.69) is 22.0 Å². The molecule has 0 saturated heterocycles. The van der Waals surface area contributed by atoms with Crippen LogP contribution in [0.5, 0.6) is 0 Å². The highest BCUT2D eigenvalue weighted by Gasteiger charge is 2.31. The van der Waals surface area contributed by atoms with Crippen LogP contribution in [0.15, 0.2) is 53.7 Å². The van der Waals surface area contributed by atoms with E-state index in [-0.39, 0.29) is 5.56 Å². The number of carbonyl (C=O) groups is 1. The number of H-pyrrole nitrogens is 1. The van der Waals surface area contributed by atoms with Crippen LogP contribution in [-0.4, -0.2) is 32.8 Å². The maximum absolute atomic E-state index is 11.4. The van der Waals surface area contributed by atoms with E-state index >= 15 is 0 Å². The molecule has 2 heterocycles. The summed E-state index contributed by atoms with van der Waals surface area (Å²) in [6.07, 6.45) is 6.91. The van der Waals surface area contributed by atoms with Crippen molar-refractivity contribution in [2.75, 3.05) is 0 Å². The first-order valence-electron chi connectivity index (χ1n) is 9.49. The van der Waals surface area contributed by atoms with Crippen molar-refractivity contribution in [2.45, 2.75) is 38.3 Å². The van der Waals surface area contributed by atoms with Crippen molar-refractivity contribution in [2.24, 2.45) is 4.99 Å². The monoisotopic (exact) mass is 359 g/mol. The van der Waals surface area contributed by atoms with Gasteiger partial charge in [-0.25, -0.2) is 9.79 Å². The zero-order chi connectivity index (χ0) is 18.4. The van der Waals surface area contributed by atoms with E-state index in [9.17, 15) is 9.90 Å². The molecule has 2 aliphatic rings. The van der Waals surface area contributed by atoms with Gasteiger partial charge >= 0.3 is 5.97 Å². The van der Waals surface area contributed by atoms with Gasteiger partial charge in [0, 0.05) is 35.2 Å². The Morgan fingerprint density at radius 2 is 1.96 bits per heavy atom. The minimum atomic E-state index is -0.917. The molecule has 1 saturated carbocycles. The lowest BCUT2D eigenvalue weighted by atomic mass is 10.0. The lowest BCUT2D eigenvalue weighted by Crippen LogP contribution is -2.40. The van der Waals surface area contributed by atoms with Gasteiger partial charge in [-0.2, -0.15) is 0 Å². The van der Waals surface area contributed by atoms with Crippen LogP contribution in [0, 0.1) is 0 Å². The zero-order valence-electron chi connectivity index (χ0n) is 15.0. The first kappa shape index (κ1) is 16.1. The molecule has 27 heavy (non-hydrogen) atoms. The highest BCUT2D eigenvalue weighted by atomic mass is 16.4. The molecule has 5 heteroatoms. The molecule has 3 aromatic rings. The molecule has 136 valence electrons. The Hall–Kier alpha value is -3.08. The molecule has 2 N–H and O–H groups in total. The molecule has 5 rings (SSSR count). The average molecular weight is 359 g/mol. The Balaban J connectivity index is 1.67. The Morgan fingerprint density at radius 1 is 1.15 bits per heavy atom. The fraction of sp³-hybridized carbons (Fsp3) is 0.273. The smallest absolute Gasteiger partial charge is 0.335 e. The molecule has 0 atom stereocenters. The van der Waals surface area contributed by atoms with Gasteiger partial charge < -0.3 is 15.0 Å². The lowest BCUT2D eigenvalue weighted by molar-refractivity contribution is 0.0697. The number of hydrogen-bond donors (Lipinski definition) is 2. The summed E-state index contributed by atoms with van der Waals surface area (Å²) in [6, 6.07) is 14.0. The first-order chi connectivity index (χ1) is 13.2. The fourth-order valence-corrected chi connectivity index (χ4v) is 4.36. The van der Waals surface area contributed by atoms with E-state index in [1.165, 1.54) is 25.7 Å². The van der Waals surface area contributed by atoms with Crippen LogP contribution in [0.25, 0.3) is 10.9 Å². The number of aliphatic imine (C=N–C) groups is 1. The summed E-state index contributed by atoms with van der Waals surface area (Å²) in [5.41, 5.74) is 4.32. The Bertz CT molecular complexity index is 1060. The van der Waals surface area contributed by atoms with Crippen molar-refractivity contribution >= 4 is 28.4 Å². The Kier molecular flexibility index (Phi) is 3.74. The third kappa shape index (κ3) is 2.70. The number of hydrogen-bond acceptors (Lipinski definition) is 3. The van der Waals surface area contributed by atoms with Crippen LogP contribution in [0.2, 0.25) is 0 Å². The van der Waals surface area contributed by atoms with Gasteiger partial charge in [0.2, 0.25) is 0 Å². The first-order valence-corrected chi connectivity index (χ1v) is 9.49. The van der Waals surface area contributed by atoms with Gasteiger partial charge in [-0.1, -0.05) is 37.1 Å². The largest absolute Gasteiger partial charge is 0.478 e. The van der Waals surface area contributed by atoms with Crippen LogP contribution in [0.4, 0.5) is 5.69 Å². The van der Waals surface area contributed by atoms with E-state index < -0.39 is 5.97 Å². The van der Waals surface area contributed by atoms with Crippen molar-refractivity contribution in [3.05, 3.63) is 65.4 Å². The molecule has 0 radical (unpaired) electrons. The fourth-order valence-electron chi connectivity index (χ4n) is 4.36. The Morgan fingerprint density at radius 3 is 2.78 bits per heavy atom. The molecule has 0 bridgehead atoms. The summed E-state index contributed by atoms with van der Waals surface area (Å²) >= 11 is 0. The number of para-hydroxylation sites is 1. The van der Waals surface area contributed by atoms with Gasteiger partial charge in [0.1, 0.15) is 5.84 Å². The SMILES string of the molecule is O=C(O)c1ccc2c(c1)N=C(c1c[nH]c3ccccc13)N(C1CCCC1)C2. The zero-order valence-corrected chi connectivity index (χ0v) is 15.0.